The molecule has 0 aliphatic heterocycles. The van der Waals surface area contributed by atoms with Gasteiger partial charge in [0.1, 0.15) is 0 Å². The highest BCUT2D eigenvalue weighted by atomic mass is 16.1. The quantitative estimate of drug-likeness (QED) is 0.216. The highest BCUT2D eigenvalue weighted by molar-refractivity contribution is 6.11. The van der Waals surface area contributed by atoms with Crippen molar-refractivity contribution in [3.63, 3.8) is 0 Å². The van der Waals surface area contributed by atoms with E-state index in [0.29, 0.717) is 18.1 Å². The summed E-state index contributed by atoms with van der Waals surface area (Å²) in [6, 6.07) is 23.8. The number of aromatic nitrogens is 2. The number of aryl methyl sites for hydroxylation is 3. The zero-order valence-corrected chi connectivity index (χ0v) is 21.6. The van der Waals surface area contributed by atoms with Crippen molar-refractivity contribution in [2.75, 3.05) is 12.4 Å². The molecule has 0 atom stereocenters. The maximum absolute atomic E-state index is 13.0. The zero-order chi connectivity index (χ0) is 26.2. The minimum absolute atomic E-state index is 0.00849. The summed E-state index contributed by atoms with van der Waals surface area (Å²) < 4.78 is 2.08. The van der Waals surface area contributed by atoms with Crippen molar-refractivity contribution in [1.29, 1.82) is 0 Å². The molecule has 4 aromatic rings. The molecule has 1 aromatic heterocycles. The number of hydrogen-bond acceptors (Lipinski definition) is 4. The molecule has 37 heavy (non-hydrogen) atoms. The Bertz CT molecular complexity index is 1480. The smallest absolute Gasteiger partial charge is 0.257 e. The third kappa shape index (κ3) is 6.47. The lowest BCUT2D eigenvalue weighted by Gasteiger charge is -2.11. The van der Waals surface area contributed by atoms with Gasteiger partial charge in [-0.25, -0.2) is 4.98 Å². The lowest BCUT2D eigenvalue weighted by atomic mass is 10.0. The molecule has 0 bridgehead atoms. The van der Waals surface area contributed by atoms with Gasteiger partial charge < -0.3 is 4.57 Å². The standard InChI is InChI=1S/C31H32N4O2/c1-4-23-10-7-14-26(20-23)30(37)34-31-33-28-15-5-6-16-29(28)35(31)19-9-12-24-11-8-13-25(21-24)27(32-3)18-17-22(2)36/h5-8,10-11,13-18,20-21H,4,9,12,19H2,1-3H3,(H,33,34,37)/b18-17-,32-27+. The lowest BCUT2D eigenvalue weighted by molar-refractivity contribution is -0.112. The molecule has 1 amide bonds. The van der Waals surface area contributed by atoms with Gasteiger partial charge in [0.15, 0.2) is 5.78 Å². The first-order valence-electron chi connectivity index (χ1n) is 12.6. The number of ketones is 1. The summed E-state index contributed by atoms with van der Waals surface area (Å²) in [5.41, 5.74) is 6.52. The van der Waals surface area contributed by atoms with E-state index in [1.54, 1.807) is 13.1 Å². The number of imidazole rings is 1. The fraction of sp³-hybridized carbons (Fsp3) is 0.226. The monoisotopic (exact) mass is 492 g/mol. The molecule has 0 unspecified atom stereocenters. The van der Waals surface area contributed by atoms with Crippen LogP contribution in [0.15, 0.2) is 89.9 Å². The fourth-order valence-electron chi connectivity index (χ4n) is 4.33. The highest BCUT2D eigenvalue weighted by Crippen LogP contribution is 2.22. The molecule has 188 valence electrons. The van der Waals surface area contributed by atoms with E-state index < -0.39 is 0 Å². The van der Waals surface area contributed by atoms with E-state index in [4.69, 9.17) is 4.98 Å². The number of anilines is 1. The van der Waals surface area contributed by atoms with Gasteiger partial charge in [-0.3, -0.25) is 19.9 Å². The summed E-state index contributed by atoms with van der Waals surface area (Å²) in [4.78, 5) is 33.4. The molecule has 6 heteroatoms. The average molecular weight is 493 g/mol. The summed E-state index contributed by atoms with van der Waals surface area (Å²) in [6.45, 7) is 4.30. The minimum atomic E-state index is -0.162. The summed E-state index contributed by atoms with van der Waals surface area (Å²) in [5, 5.41) is 3.03. The number of para-hydroxylation sites is 2. The van der Waals surface area contributed by atoms with Crippen LogP contribution in [0.5, 0.6) is 0 Å². The Kier molecular flexibility index (Phi) is 8.41. The second kappa shape index (κ2) is 12.1. The molecule has 0 fully saturated rings. The van der Waals surface area contributed by atoms with E-state index in [0.717, 1.165) is 47.1 Å². The van der Waals surface area contributed by atoms with Crippen LogP contribution >= 0.6 is 0 Å². The number of amides is 1. The average Bonchev–Trinajstić information content (AvgIpc) is 3.26. The fourth-order valence-corrected chi connectivity index (χ4v) is 4.33. The van der Waals surface area contributed by atoms with Gasteiger partial charge in [-0.15, -0.1) is 0 Å². The molecule has 1 heterocycles. The van der Waals surface area contributed by atoms with Crippen LogP contribution in [0.4, 0.5) is 5.95 Å². The Labute approximate surface area is 217 Å². The number of aliphatic imine (C=N–C) groups is 1. The van der Waals surface area contributed by atoms with Crippen molar-refractivity contribution in [2.45, 2.75) is 39.7 Å². The normalized spacial score (nSPS) is 11.8. The number of carbonyl (C=O) groups is 2. The van der Waals surface area contributed by atoms with E-state index in [1.165, 1.54) is 18.6 Å². The first-order valence-corrected chi connectivity index (χ1v) is 12.6. The van der Waals surface area contributed by atoms with E-state index in [1.807, 2.05) is 60.7 Å². The van der Waals surface area contributed by atoms with Gasteiger partial charge in [0.05, 0.1) is 16.7 Å². The molecular formula is C31H32N4O2. The number of rotatable bonds is 10. The maximum Gasteiger partial charge on any atom is 0.257 e. The van der Waals surface area contributed by atoms with Crippen molar-refractivity contribution in [3.05, 3.63) is 107 Å². The molecule has 3 aromatic carbocycles. The van der Waals surface area contributed by atoms with E-state index in [9.17, 15) is 9.59 Å². The maximum atomic E-state index is 13.0. The third-order valence-corrected chi connectivity index (χ3v) is 6.26. The number of fused-ring (bicyclic) bond motifs is 1. The van der Waals surface area contributed by atoms with Gasteiger partial charge in [0.25, 0.3) is 5.91 Å². The van der Waals surface area contributed by atoms with Gasteiger partial charge in [-0.05, 0) is 85.4 Å². The highest BCUT2D eigenvalue weighted by Gasteiger charge is 2.15. The van der Waals surface area contributed by atoms with Crippen molar-refractivity contribution >= 4 is 34.4 Å². The summed E-state index contributed by atoms with van der Waals surface area (Å²) >= 11 is 0. The Balaban J connectivity index is 1.51. The zero-order valence-electron chi connectivity index (χ0n) is 21.6. The summed E-state index contributed by atoms with van der Waals surface area (Å²) in [7, 11) is 1.73. The number of allylic oxidation sites excluding steroid dienone is 2. The molecule has 0 aliphatic carbocycles. The first-order chi connectivity index (χ1) is 18.0. The Hall–Kier alpha value is -4.32. The number of carbonyl (C=O) groups excluding carboxylic acids is 2. The molecule has 0 saturated carbocycles. The van der Waals surface area contributed by atoms with Crippen LogP contribution < -0.4 is 5.32 Å². The Morgan fingerprint density at radius 3 is 2.43 bits per heavy atom. The molecular weight excluding hydrogens is 460 g/mol. The molecule has 0 spiro atoms. The third-order valence-electron chi connectivity index (χ3n) is 6.26. The topological polar surface area (TPSA) is 76.3 Å². The van der Waals surface area contributed by atoms with Crippen LogP contribution in [0.3, 0.4) is 0 Å². The second-order valence-electron chi connectivity index (χ2n) is 8.94. The van der Waals surface area contributed by atoms with Crippen LogP contribution in [0, 0.1) is 0 Å². The van der Waals surface area contributed by atoms with Crippen molar-refractivity contribution in [3.8, 4) is 0 Å². The van der Waals surface area contributed by atoms with E-state index in [2.05, 4.69) is 33.9 Å². The van der Waals surface area contributed by atoms with Gasteiger partial charge in [0, 0.05) is 19.2 Å². The SMILES string of the molecule is CCc1cccc(C(=O)Nc2nc3ccccc3n2CCCc2cccc(C(/C=C\C(C)=O)=N/C)c2)c1. The van der Waals surface area contributed by atoms with Crippen LogP contribution in [-0.4, -0.2) is 34.0 Å². The summed E-state index contributed by atoms with van der Waals surface area (Å²) in [6.07, 6.45) is 5.87. The molecule has 4 rings (SSSR count). The van der Waals surface area contributed by atoms with E-state index >= 15 is 0 Å². The Morgan fingerprint density at radius 1 is 0.946 bits per heavy atom. The van der Waals surface area contributed by atoms with Crippen molar-refractivity contribution < 1.29 is 9.59 Å². The number of nitrogens with one attached hydrogen (secondary N) is 1. The minimum Gasteiger partial charge on any atom is -0.310 e. The number of hydrogen-bond donors (Lipinski definition) is 1. The first kappa shape index (κ1) is 25.8. The predicted octanol–water partition coefficient (Wildman–Crippen LogP) is 6.05. The molecule has 6 nitrogen and oxygen atoms in total. The largest absolute Gasteiger partial charge is 0.310 e. The van der Waals surface area contributed by atoms with Crippen molar-refractivity contribution in [1.82, 2.24) is 9.55 Å². The molecule has 0 radical (unpaired) electrons. The van der Waals surface area contributed by atoms with Crippen LogP contribution in [0.1, 0.15) is 47.3 Å². The van der Waals surface area contributed by atoms with Crippen LogP contribution in [0.2, 0.25) is 0 Å². The van der Waals surface area contributed by atoms with Gasteiger partial charge in [0.2, 0.25) is 5.95 Å². The summed E-state index contributed by atoms with van der Waals surface area (Å²) in [5.74, 6) is 0.381. The number of benzene rings is 3. The van der Waals surface area contributed by atoms with E-state index in [-0.39, 0.29) is 11.7 Å². The van der Waals surface area contributed by atoms with Crippen LogP contribution in [0.25, 0.3) is 11.0 Å². The van der Waals surface area contributed by atoms with Crippen molar-refractivity contribution in [2.24, 2.45) is 4.99 Å². The van der Waals surface area contributed by atoms with Gasteiger partial charge in [-0.2, -0.15) is 0 Å². The molecule has 1 N–H and O–H groups in total. The van der Waals surface area contributed by atoms with Crippen LogP contribution in [-0.2, 0) is 24.2 Å². The van der Waals surface area contributed by atoms with Gasteiger partial charge in [-0.1, -0.05) is 49.4 Å². The molecule has 0 saturated heterocycles. The lowest BCUT2D eigenvalue weighted by Crippen LogP contribution is -2.16. The number of nitrogens with zero attached hydrogens (tertiary/aromatic N) is 3. The van der Waals surface area contributed by atoms with Gasteiger partial charge >= 0.3 is 0 Å². The predicted molar refractivity (Wildman–Crippen MR) is 151 cm³/mol. The Morgan fingerprint density at radius 2 is 1.68 bits per heavy atom. The second-order valence-corrected chi connectivity index (χ2v) is 8.94. The molecule has 0 aliphatic rings.